The molecule has 1 N–H and O–H groups in total. The molecule has 0 fully saturated rings. The Kier molecular flexibility index (Phi) is 4.92. The summed E-state index contributed by atoms with van der Waals surface area (Å²) in [4.78, 5) is 14.5. The van der Waals surface area contributed by atoms with E-state index in [4.69, 9.17) is 14.2 Å². The SMILES string of the molecule is COc1c2c(c(Br)c3c1C(CC(=O)NC(C)C)N(C)CC3)OCO2. The Bertz CT molecular complexity index is 663. The molecule has 0 spiro atoms. The van der Waals surface area contributed by atoms with Crippen LogP contribution in [0.4, 0.5) is 0 Å². The molecule has 0 aliphatic carbocycles. The first-order chi connectivity index (χ1) is 11.4. The van der Waals surface area contributed by atoms with Gasteiger partial charge in [0.1, 0.15) is 0 Å². The highest BCUT2D eigenvalue weighted by molar-refractivity contribution is 9.10. The molecule has 2 aliphatic heterocycles. The van der Waals surface area contributed by atoms with Gasteiger partial charge in [0.25, 0.3) is 0 Å². The van der Waals surface area contributed by atoms with Crippen LogP contribution < -0.4 is 19.5 Å². The maximum absolute atomic E-state index is 12.3. The largest absolute Gasteiger partial charge is 0.492 e. The van der Waals surface area contributed by atoms with E-state index in [1.807, 2.05) is 20.9 Å². The second-order valence-corrected chi connectivity index (χ2v) is 7.27. The third-order valence-corrected chi connectivity index (χ3v) is 5.30. The summed E-state index contributed by atoms with van der Waals surface area (Å²) in [5.41, 5.74) is 2.15. The summed E-state index contributed by atoms with van der Waals surface area (Å²) >= 11 is 3.66. The van der Waals surface area contributed by atoms with Crippen LogP contribution in [0.1, 0.15) is 37.4 Å². The number of nitrogens with one attached hydrogen (secondary N) is 1. The van der Waals surface area contributed by atoms with E-state index in [0.717, 1.165) is 28.6 Å². The first-order valence-electron chi connectivity index (χ1n) is 8.11. The van der Waals surface area contributed by atoms with Crippen molar-refractivity contribution in [1.82, 2.24) is 10.2 Å². The molecule has 1 amide bonds. The maximum Gasteiger partial charge on any atom is 0.231 e. The van der Waals surface area contributed by atoms with Crippen LogP contribution in [-0.4, -0.2) is 44.3 Å². The molecular weight excluding hydrogens is 376 g/mol. The Hall–Kier alpha value is -1.47. The molecule has 1 atom stereocenters. The number of methoxy groups -OCH3 is 1. The van der Waals surface area contributed by atoms with Gasteiger partial charge < -0.3 is 19.5 Å². The number of hydrogen-bond acceptors (Lipinski definition) is 5. The molecule has 132 valence electrons. The molecule has 2 aliphatic rings. The smallest absolute Gasteiger partial charge is 0.231 e. The van der Waals surface area contributed by atoms with E-state index in [0.29, 0.717) is 23.7 Å². The van der Waals surface area contributed by atoms with E-state index >= 15 is 0 Å². The Morgan fingerprint density at radius 2 is 2.12 bits per heavy atom. The van der Waals surface area contributed by atoms with Gasteiger partial charge in [0.2, 0.25) is 18.4 Å². The van der Waals surface area contributed by atoms with Gasteiger partial charge in [-0.2, -0.15) is 0 Å². The van der Waals surface area contributed by atoms with Crippen molar-refractivity contribution < 1.29 is 19.0 Å². The van der Waals surface area contributed by atoms with Crippen LogP contribution in [0.5, 0.6) is 17.2 Å². The number of hydrogen-bond donors (Lipinski definition) is 1. The second kappa shape index (κ2) is 6.80. The van der Waals surface area contributed by atoms with E-state index in [1.54, 1.807) is 7.11 Å². The van der Waals surface area contributed by atoms with E-state index in [9.17, 15) is 4.79 Å². The third-order valence-electron chi connectivity index (χ3n) is 4.47. The zero-order valence-corrected chi connectivity index (χ0v) is 16.0. The quantitative estimate of drug-likeness (QED) is 0.844. The summed E-state index contributed by atoms with van der Waals surface area (Å²) in [7, 11) is 3.67. The molecule has 24 heavy (non-hydrogen) atoms. The van der Waals surface area contributed by atoms with Gasteiger partial charge in [-0.1, -0.05) is 0 Å². The lowest BCUT2D eigenvalue weighted by Crippen LogP contribution is -2.38. The van der Waals surface area contributed by atoms with Crippen LogP contribution in [0, 0.1) is 0 Å². The van der Waals surface area contributed by atoms with Crippen LogP contribution in [-0.2, 0) is 11.2 Å². The van der Waals surface area contributed by atoms with Crippen molar-refractivity contribution in [2.45, 2.75) is 38.8 Å². The van der Waals surface area contributed by atoms with Crippen molar-refractivity contribution in [3.05, 3.63) is 15.6 Å². The van der Waals surface area contributed by atoms with Gasteiger partial charge in [-0.05, 0) is 48.8 Å². The highest BCUT2D eigenvalue weighted by atomic mass is 79.9. The number of nitrogens with zero attached hydrogens (tertiary/aromatic N) is 1. The molecule has 0 saturated heterocycles. The normalized spacial score (nSPS) is 19.3. The second-order valence-electron chi connectivity index (χ2n) is 6.48. The predicted octanol–water partition coefficient (Wildman–Crippen LogP) is 2.63. The Morgan fingerprint density at radius 1 is 1.42 bits per heavy atom. The van der Waals surface area contributed by atoms with Gasteiger partial charge in [0.15, 0.2) is 11.5 Å². The molecule has 1 unspecified atom stereocenters. The fourth-order valence-corrected chi connectivity index (χ4v) is 4.11. The number of carbonyl (C=O) groups excluding carboxylic acids is 1. The number of likely N-dealkylation sites (N-methyl/N-ethyl adjacent to an activating group) is 1. The summed E-state index contributed by atoms with van der Waals surface area (Å²) in [6.45, 7) is 4.98. The molecule has 0 bridgehead atoms. The summed E-state index contributed by atoms with van der Waals surface area (Å²) in [6.07, 6.45) is 1.24. The van der Waals surface area contributed by atoms with E-state index in [2.05, 4.69) is 26.1 Å². The minimum absolute atomic E-state index is 0.0329. The zero-order chi connectivity index (χ0) is 17.4. The van der Waals surface area contributed by atoms with Crippen molar-refractivity contribution >= 4 is 21.8 Å². The van der Waals surface area contributed by atoms with Crippen LogP contribution in [0.25, 0.3) is 0 Å². The highest BCUT2D eigenvalue weighted by Crippen LogP contribution is 2.54. The molecule has 1 aromatic carbocycles. The summed E-state index contributed by atoms with van der Waals surface area (Å²) < 4.78 is 17.8. The monoisotopic (exact) mass is 398 g/mol. The lowest BCUT2D eigenvalue weighted by molar-refractivity contribution is -0.122. The number of benzene rings is 1. The van der Waals surface area contributed by atoms with Gasteiger partial charge in [-0.15, -0.1) is 0 Å². The van der Waals surface area contributed by atoms with Crippen LogP contribution >= 0.6 is 15.9 Å². The minimum Gasteiger partial charge on any atom is -0.492 e. The van der Waals surface area contributed by atoms with E-state index < -0.39 is 0 Å². The lowest BCUT2D eigenvalue weighted by atomic mass is 9.89. The molecule has 3 rings (SSSR count). The van der Waals surface area contributed by atoms with Crippen LogP contribution in [0.15, 0.2) is 4.47 Å². The van der Waals surface area contributed by atoms with Crippen LogP contribution in [0.3, 0.4) is 0 Å². The number of rotatable bonds is 4. The van der Waals surface area contributed by atoms with E-state index in [1.165, 1.54) is 0 Å². The number of halogens is 1. The fourth-order valence-electron chi connectivity index (χ4n) is 3.40. The Balaban J connectivity index is 2.05. The van der Waals surface area contributed by atoms with Crippen molar-refractivity contribution in [2.24, 2.45) is 0 Å². The Morgan fingerprint density at radius 3 is 2.79 bits per heavy atom. The average Bonchev–Trinajstić information content (AvgIpc) is 2.99. The van der Waals surface area contributed by atoms with Crippen molar-refractivity contribution in [3.63, 3.8) is 0 Å². The summed E-state index contributed by atoms with van der Waals surface area (Å²) in [5.74, 6) is 2.02. The van der Waals surface area contributed by atoms with Gasteiger partial charge >= 0.3 is 0 Å². The average molecular weight is 399 g/mol. The predicted molar refractivity (Wildman–Crippen MR) is 93.8 cm³/mol. The number of carbonyl (C=O) groups is 1. The van der Waals surface area contributed by atoms with Crippen LogP contribution in [0.2, 0.25) is 0 Å². The standard InChI is InChI=1S/C17H23BrN2O4/c1-9(2)19-12(21)7-11-13-10(5-6-20(11)3)14(18)16-17(15(13)22-4)24-8-23-16/h9,11H,5-8H2,1-4H3,(H,19,21). The van der Waals surface area contributed by atoms with E-state index in [-0.39, 0.29) is 24.8 Å². The lowest BCUT2D eigenvalue weighted by Gasteiger charge is -2.36. The molecule has 2 heterocycles. The highest BCUT2D eigenvalue weighted by Gasteiger charge is 2.37. The fraction of sp³-hybridized carbons (Fsp3) is 0.588. The maximum atomic E-state index is 12.3. The molecule has 7 heteroatoms. The van der Waals surface area contributed by atoms with Gasteiger partial charge in [0, 0.05) is 30.6 Å². The van der Waals surface area contributed by atoms with Gasteiger partial charge in [-0.25, -0.2) is 0 Å². The number of ether oxygens (including phenoxy) is 3. The van der Waals surface area contributed by atoms with Crippen molar-refractivity contribution in [1.29, 1.82) is 0 Å². The molecule has 6 nitrogen and oxygen atoms in total. The molecular formula is C17H23BrN2O4. The van der Waals surface area contributed by atoms with Gasteiger partial charge in [0.05, 0.1) is 11.6 Å². The van der Waals surface area contributed by atoms with Crippen molar-refractivity contribution in [3.8, 4) is 17.2 Å². The molecule has 0 saturated carbocycles. The topological polar surface area (TPSA) is 60.0 Å². The third kappa shape index (κ3) is 2.95. The Labute approximate surface area is 150 Å². The summed E-state index contributed by atoms with van der Waals surface area (Å²) in [6, 6.07) is 0.0597. The van der Waals surface area contributed by atoms with Crippen molar-refractivity contribution in [2.75, 3.05) is 27.5 Å². The first kappa shape index (κ1) is 17.4. The minimum atomic E-state index is -0.0618. The molecule has 1 aromatic rings. The zero-order valence-electron chi connectivity index (χ0n) is 14.4. The summed E-state index contributed by atoms with van der Waals surface area (Å²) in [5, 5.41) is 2.97. The van der Waals surface area contributed by atoms with Gasteiger partial charge in [-0.3, -0.25) is 9.69 Å². The molecule has 0 aromatic heterocycles. The molecule has 0 radical (unpaired) electrons. The number of amides is 1. The first-order valence-corrected chi connectivity index (χ1v) is 8.90. The number of fused-ring (bicyclic) bond motifs is 2.